The summed E-state index contributed by atoms with van der Waals surface area (Å²) in [6.07, 6.45) is 0. The molecule has 30 heavy (non-hydrogen) atoms. The third-order valence-corrected chi connectivity index (χ3v) is 5.12. The van der Waals surface area contributed by atoms with Crippen molar-refractivity contribution in [2.75, 3.05) is 27.2 Å². The largest absolute Gasteiger partial charge is 0.462 e. The van der Waals surface area contributed by atoms with Crippen LogP contribution in [0.3, 0.4) is 0 Å². The number of aryl methyl sites for hydroxylation is 1. The number of hydrogen-bond donors (Lipinski definition) is 2. The smallest absolute Gasteiger partial charge is 0.340 e. The van der Waals surface area contributed by atoms with Gasteiger partial charge in [-0.3, -0.25) is 4.79 Å². The van der Waals surface area contributed by atoms with Crippen molar-refractivity contribution in [2.24, 2.45) is 5.73 Å². The average molecular weight is 416 g/mol. The van der Waals surface area contributed by atoms with E-state index in [2.05, 4.69) is 0 Å². The number of hydrogen-bond acceptors (Lipinski definition) is 5. The van der Waals surface area contributed by atoms with E-state index < -0.39 is 17.7 Å². The number of carbonyl (C=O) groups excluding carboxylic acids is 1. The summed E-state index contributed by atoms with van der Waals surface area (Å²) in [4.78, 5) is 27.4. The van der Waals surface area contributed by atoms with Gasteiger partial charge < -0.3 is 24.7 Å². The molecule has 1 aliphatic heterocycles. The number of nitrogens with two attached hydrogens (primary N) is 1. The van der Waals surface area contributed by atoms with Gasteiger partial charge >= 0.3 is 5.97 Å². The highest BCUT2D eigenvalue weighted by Gasteiger charge is 2.39. The van der Waals surface area contributed by atoms with Gasteiger partial charge in [0.25, 0.3) is 5.56 Å². The molecule has 8 heteroatoms. The standard InChI is InChI=1S/C22H26FN3O4/c1-5-29-22(28)19-17(14-8-6-7-9-15(14)23)18-16(30-20(19)24)12-13(2)26(21(18)27)11-10-25(3)4/h6-9,12,17H,5,10-11,24H2,1-4H3/p+1/t17-/m1/s1. The van der Waals surface area contributed by atoms with Crippen LogP contribution < -0.4 is 20.9 Å². The SMILES string of the molecule is CCOC(=O)C1=C(N)Oc2cc(C)n(CC[NH+](C)C)c(=O)c2[C@H]1c1ccccc1F. The zero-order valence-corrected chi connectivity index (χ0v) is 17.6. The first kappa shape index (κ1) is 21.6. The van der Waals surface area contributed by atoms with Gasteiger partial charge in [0.1, 0.15) is 17.1 Å². The molecule has 2 aromatic rings. The Kier molecular flexibility index (Phi) is 6.26. The van der Waals surface area contributed by atoms with E-state index in [1.807, 2.05) is 14.1 Å². The molecule has 1 aliphatic rings. The number of halogens is 1. The molecule has 1 aromatic carbocycles. The minimum Gasteiger partial charge on any atom is -0.462 e. The minimum absolute atomic E-state index is 0.0693. The van der Waals surface area contributed by atoms with E-state index in [-0.39, 0.29) is 40.5 Å². The second kappa shape index (κ2) is 8.71. The molecular formula is C22H27FN3O4+. The quantitative estimate of drug-likeness (QED) is 0.677. The molecule has 160 valence electrons. The number of esters is 1. The van der Waals surface area contributed by atoms with Crippen LogP contribution in [-0.4, -0.2) is 37.8 Å². The van der Waals surface area contributed by atoms with E-state index in [1.165, 1.54) is 17.0 Å². The van der Waals surface area contributed by atoms with Crippen LogP contribution in [0.1, 0.15) is 29.7 Å². The zero-order chi connectivity index (χ0) is 22.0. The van der Waals surface area contributed by atoms with Gasteiger partial charge in [-0.05, 0) is 19.9 Å². The van der Waals surface area contributed by atoms with E-state index in [9.17, 15) is 14.0 Å². The number of nitrogens with zero attached hydrogens (tertiary/aromatic N) is 1. The van der Waals surface area contributed by atoms with Gasteiger partial charge in [-0.15, -0.1) is 0 Å². The predicted molar refractivity (Wildman–Crippen MR) is 110 cm³/mol. The zero-order valence-electron chi connectivity index (χ0n) is 17.6. The lowest BCUT2D eigenvalue weighted by Crippen LogP contribution is -3.06. The lowest BCUT2D eigenvalue weighted by molar-refractivity contribution is -0.858. The molecule has 0 unspecified atom stereocenters. The van der Waals surface area contributed by atoms with Crippen LogP contribution in [0.4, 0.5) is 4.39 Å². The molecule has 7 nitrogen and oxygen atoms in total. The maximum Gasteiger partial charge on any atom is 0.340 e. The Morgan fingerprint density at radius 3 is 2.67 bits per heavy atom. The Labute approximate surface area is 174 Å². The number of carbonyl (C=O) groups is 1. The van der Waals surface area contributed by atoms with Gasteiger partial charge in [0.15, 0.2) is 0 Å². The monoisotopic (exact) mass is 416 g/mol. The molecule has 0 amide bonds. The molecule has 1 atom stereocenters. The van der Waals surface area contributed by atoms with Crippen molar-refractivity contribution in [2.45, 2.75) is 26.3 Å². The fraction of sp³-hybridized carbons (Fsp3) is 0.364. The molecule has 0 bridgehead atoms. The fourth-order valence-corrected chi connectivity index (χ4v) is 3.63. The highest BCUT2D eigenvalue weighted by Crippen LogP contribution is 2.42. The fourth-order valence-electron chi connectivity index (χ4n) is 3.63. The number of ether oxygens (including phenoxy) is 2. The van der Waals surface area contributed by atoms with E-state index in [0.29, 0.717) is 18.8 Å². The Morgan fingerprint density at radius 1 is 1.33 bits per heavy atom. The molecule has 0 fully saturated rings. The van der Waals surface area contributed by atoms with Crippen molar-refractivity contribution < 1.29 is 23.6 Å². The summed E-state index contributed by atoms with van der Waals surface area (Å²) in [6, 6.07) is 7.71. The van der Waals surface area contributed by atoms with E-state index in [4.69, 9.17) is 15.2 Å². The van der Waals surface area contributed by atoms with E-state index >= 15 is 0 Å². The molecule has 0 saturated heterocycles. The third kappa shape index (κ3) is 3.95. The summed E-state index contributed by atoms with van der Waals surface area (Å²) in [5, 5.41) is 0. The van der Waals surface area contributed by atoms with Crippen molar-refractivity contribution >= 4 is 5.97 Å². The number of likely N-dealkylation sites (N-methyl/N-ethyl adjacent to an activating group) is 1. The summed E-state index contributed by atoms with van der Waals surface area (Å²) < 4.78 is 27.2. The van der Waals surface area contributed by atoms with Crippen LogP contribution in [0.5, 0.6) is 5.75 Å². The van der Waals surface area contributed by atoms with Crippen molar-refractivity contribution in [3.8, 4) is 5.75 Å². The number of quaternary nitrogens is 1. The number of pyridine rings is 1. The Bertz CT molecular complexity index is 1060. The molecule has 1 aromatic heterocycles. The molecule has 3 N–H and O–H groups in total. The number of rotatable bonds is 6. The molecule has 2 heterocycles. The van der Waals surface area contributed by atoms with Crippen LogP contribution >= 0.6 is 0 Å². The highest BCUT2D eigenvalue weighted by molar-refractivity contribution is 5.92. The van der Waals surface area contributed by atoms with Crippen LogP contribution in [0.15, 0.2) is 46.6 Å². The van der Waals surface area contributed by atoms with Gasteiger partial charge in [-0.2, -0.15) is 0 Å². The molecule has 3 rings (SSSR count). The van der Waals surface area contributed by atoms with Crippen molar-refractivity contribution in [3.05, 3.63) is 74.8 Å². The number of nitrogens with one attached hydrogen (secondary N) is 1. The first-order valence-corrected chi connectivity index (χ1v) is 9.88. The molecule has 0 spiro atoms. The third-order valence-electron chi connectivity index (χ3n) is 5.12. The van der Waals surface area contributed by atoms with Crippen molar-refractivity contribution in [3.63, 3.8) is 0 Å². The maximum atomic E-state index is 14.8. The van der Waals surface area contributed by atoms with Crippen LogP contribution in [0.25, 0.3) is 0 Å². The van der Waals surface area contributed by atoms with Crippen LogP contribution in [0, 0.1) is 12.7 Å². The maximum absolute atomic E-state index is 14.8. The highest BCUT2D eigenvalue weighted by atomic mass is 19.1. The lowest BCUT2D eigenvalue weighted by atomic mass is 9.83. The van der Waals surface area contributed by atoms with Crippen molar-refractivity contribution in [1.29, 1.82) is 0 Å². The van der Waals surface area contributed by atoms with Gasteiger partial charge in [0.05, 0.1) is 45.3 Å². The average Bonchev–Trinajstić information content (AvgIpc) is 2.67. The van der Waals surface area contributed by atoms with E-state index in [0.717, 1.165) is 0 Å². The number of benzene rings is 1. The van der Waals surface area contributed by atoms with Crippen molar-refractivity contribution in [1.82, 2.24) is 4.57 Å². The second-order valence-corrected chi connectivity index (χ2v) is 7.53. The summed E-state index contributed by atoms with van der Waals surface area (Å²) in [6.45, 7) is 4.75. The Hall–Kier alpha value is -3.13. The normalized spacial score (nSPS) is 15.7. The summed E-state index contributed by atoms with van der Waals surface area (Å²) in [7, 11) is 3.98. The topological polar surface area (TPSA) is 88.0 Å². The first-order chi connectivity index (χ1) is 14.3. The summed E-state index contributed by atoms with van der Waals surface area (Å²) in [5.41, 5.74) is 6.69. The molecular weight excluding hydrogens is 389 g/mol. The molecule has 0 radical (unpaired) electrons. The lowest BCUT2D eigenvalue weighted by Gasteiger charge is -2.29. The minimum atomic E-state index is -1.03. The van der Waals surface area contributed by atoms with Crippen LogP contribution in [-0.2, 0) is 16.1 Å². The number of aromatic nitrogens is 1. The van der Waals surface area contributed by atoms with E-state index in [1.54, 1.807) is 36.6 Å². The summed E-state index contributed by atoms with van der Waals surface area (Å²) >= 11 is 0. The van der Waals surface area contributed by atoms with Gasteiger partial charge in [0, 0.05) is 17.3 Å². The van der Waals surface area contributed by atoms with Crippen LogP contribution in [0.2, 0.25) is 0 Å². The molecule has 0 saturated carbocycles. The Balaban J connectivity index is 2.27. The summed E-state index contributed by atoms with van der Waals surface area (Å²) in [5.74, 6) is -2.28. The van der Waals surface area contributed by atoms with Gasteiger partial charge in [-0.1, -0.05) is 18.2 Å². The van der Waals surface area contributed by atoms with Gasteiger partial charge in [-0.25, -0.2) is 9.18 Å². The molecule has 0 aliphatic carbocycles. The Morgan fingerprint density at radius 2 is 2.03 bits per heavy atom. The van der Waals surface area contributed by atoms with Gasteiger partial charge in [0.2, 0.25) is 5.88 Å². The second-order valence-electron chi connectivity index (χ2n) is 7.53. The predicted octanol–water partition coefficient (Wildman–Crippen LogP) is 0.698. The number of fused-ring (bicyclic) bond motifs is 1. The first-order valence-electron chi connectivity index (χ1n) is 9.88.